The number of nitrogens with zero attached hydrogens (tertiary/aromatic N) is 1. The minimum atomic E-state index is -1.08. The molecular formula is C12H23NOS. The van der Waals surface area contributed by atoms with Crippen LogP contribution in [0.3, 0.4) is 0 Å². The van der Waals surface area contributed by atoms with Crippen LogP contribution in [0.1, 0.15) is 53.4 Å². The van der Waals surface area contributed by atoms with Crippen molar-refractivity contribution in [3.63, 3.8) is 0 Å². The van der Waals surface area contributed by atoms with Crippen LogP contribution in [0, 0.1) is 11.8 Å². The van der Waals surface area contributed by atoms with Crippen LogP contribution >= 0.6 is 0 Å². The van der Waals surface area contributed by atoms with Crippen LogP contribution in [0.25, 0.3) is 0 Å². The van der Waals surface area contributed by atoms with E-state index in [-0.39, 0.29) is 4.75 Å². The summed E-state index contributed by atoms with van der Waals surface area (Å²) in [6.45, 7) is 8.19. The van der Waals surface area contributed by atoms with Gasteiger partial charge in [0.25, 0.3) is 0 Å². The van der Waals surface area contributed by atoms with Gasteiger partial charge < -0.3 is 4.55 Å². The molecule has 0 aromatic carbocycles. The van der Waals surface area contributed by atoms with Gasteiger partial charge in [0.15, 0.2) is 0 Å². The van der Waals surface area contributed by atoms with E-state index >= 15 is 0 Å². The molecule has 1 aliphatic rings. The first kappa shape index (κ1) is 13.0. The molecule has 0 radical (unpaired) electrons. The monoisotopic (exact) mass is 229 g/mol. The zero-order chi connectivity index (χ0) is 11.5. The molecule has 2 nitrogen and oxygen atoms in total. The fraction of sp³-hybridized carbons (Fsp3) is 0.917. The van der Waals surface area contributed by atoms with E-state index in [1.165, 1.54) is 25.7 Å². The molecule has 0 heterocycles. The van der Waals surface area contributed by atoms with E-state index < -0.39 is 11.4 Å². The molecule has 3 heteroatoms. The van der Waals surface area contributed by atoms with E-state index in [0.29, 0.717) is 5.92 Å². The summed E-state index contributed by atoms with van der Waals surface area (Å²) < 4.78 is 15.7. The molecule has 0 spiro atoms. The van der Waals surface area contributed by atoms with Gasteiger partial charge in [-0.2, -0.15) is 0 Å². The summed E-state index contributed by atoms with van der Waals surface area (Å²) in [6, 6.07) is 0. The third-order valence-corrected chi connectivity index (χ3v) is 4.31. The number of hydrogen-bond donors (Lipinski definition) is 0. The molecule has 0 amide bonds. The molecule has 0 N–H and O–H groups in total. The van der Waals surface area contributed by atoms with Crippen molar-refractivity contribution in [2.45, 2.75) is 58.1 Å². The Hall–Kier alpha value is -0.0200. The average Bonchev–Trinajstić information content (AvgIpc) is 2.15. The SMILES string of the molecule is CC(C)(C)[S+]([O-])/N=C/[C@H]1CC[C@H](C)CC1. The minimum Gasteiger partial charge on any atom is -0.591 e. The van der Waals surface area contributed by atoms with Gasteiger partial charge >= 0.3 is 0 Å². The van der Waals surface area contributed by atoms with Crippen LogP contribution in [0.4, 0.5) is 0 Å². The highest BCUT2D eigenvalue weighted by Gasteiger charge is 2.26. The smallest absolute Gasteiger partial charge is 0.144 e. The zero-order valence-electron chi connectivity index (χ0n) is 10.3. The van der Waals surface area contributed by atoms with Crippen LogP contribution < -0.4 is 0 Å². The van der Waals surface area contributed by atoms with Crippen molar-refractivity contribution in [2.75, 3.05) is 0 Å². The third-order valence-electron chi connectivity index (χ3n) is 2.95. The molecule has 1 atom stereocenters. The Morgan fingerprint density at radius 3 is 2.20 bits per heavy atom. The normalized spacial score (nSPS) is 30.7. The molecular weight excluding hydrogens is 206 g/mol. The van der Waals surface area contributed by atoms with Crippen molar-refractivity contribution >= 4 is 17.6 Å². The summed E-state index contributed by atoms with van der Waals surface area (Å²) in [7, 11) is 0. The van der Waals surface area contributed by atoms with Gasteiger partial charge in [0.2, 0.25) is 0 Å². The quantitative estimate of drug-likeness (QED) is 0.528. The Bertz CT molecular complexity index is 214. The van der Waals surface area contributed by atoms with Gasteiger partial charge in [0.1, 0.15) is 16.1 Å². The zero-order valence-corrected chi connectivity index (χ0v) is 11.1. The van der Waals surface area contributed by atoms with Gasteiger partial charge in [0.05, 0.1) is 6.21 Å². The summed E-state index contributed by atoms with van der Waals surface area (Å²) in [4.78, 5) is 0. The summed E-state index contributed by atoms with van der Waals surface area (Å²) >= 11 is -1.08. The highest BCUT2D eigenvalue weighted by molar-refractivity contribution is 7.91. The van der Waals surface area contributed by atoms with Crippen LogP contribution in [0.2, 0.25) is 0 Å². The first-order valence-electron chi connectivity index (χ1n) is 5.86. The Morgan fingerprint density at radius 2 is 1.73 bits per heavy atom. The van der Waals surface area contributed by atoms with Crippen molar-refractivity contribution in [3.8, 4) is 0 Å². The molecule has 15 heavy (non-hydrogen) atoms. The molecule has 1 rings (SSSR count). The minimum absolute atomic E-state index is 0.224. The van der Waals surface area contributed by atoms with Crippen molar-refractivity contribution in [1.82, 2.24) is 0 Å². The maximum absolute atomic E-state index is 11.7. The second-order valence-corrected chi connectivity index (χ2v) is 7.57. The maximum Gasteiger partial charge on any atom is 0.144 e. The van der Waals surface area contributed by atoms with E-state index in [2.05, 4.69) is 11.3 Å². The number of hydrogen-bond acceptors (Lipinski definition) is 2. The van der Waals surface area contributed by atoms with Crippen molar-refractivity contribution in [2.24, 2.45) is 16.2 Å². The maximum atomic E-state index is 11.7. The molecule has 1 aliphatic carbocycles. The second-order valence-electron chi connectivity index (χ2n) is 5.64. The Morgan fingerprint density at radius 1 is 1.20 bits per heavy atom. The topological polar surface area (TPSA) is 35.4 Å². The van der Waals surface area contributed by atoms with Crippen molar-refractivity contribution in [3.05, 3.63) is 0 Å². The molecule has 88 valence electrons. The molecule has 1 fully saturated rings. The largest absolute Gasteiger partial charge is 0.591 e. The Labute approximate surface area is 96.9 Å². The van der Waals surface area contributed by atoms with Gasteiger partial charge in [-0.1, -0.05) is 24.2 Å². The molecule has 1 saturated carbocycles. The summed E-state index contributed by atoms with van der Waals surface area (Å²) in [5, 5.41) is 0. The van der Waals surface area contributed by atoms with Gasteiger partial charge in [-0.05, 0) is 45.4 Å². The molecule has 0 aliphatic heterocycles. The van der Waals surface area contributed by atoms with E-state index in [4.69, 9.17) is 0 Å². The highest BCUT2D eigenvalue weighted by atomic mass is 32.2. The summed E-state index contributed by atoms with van der Waals surface area (Å²) in [5.41, 5.74) is 0. The lowest BCUT2D eigenvalue weighted by atomic mass is 9.84. The highest BCUT2D eigenvalue weighted by Crippen LogP contribution is 2.27. The molecule has 0 aromatic rings. The molecule has 1 unspecified atom stereocenters. The van der Waals surface area contributed by atoms with Crippen LogP contribution in [0.5, 0.6) is 0 Å². The summed E-state index contributed by atoms with van der Waals surface area (Å²) in [5.74, 6) is 1.43. The lowest BCUT2D eigenvalue weighted by Gasteiger charge is -2.23. The Balaban J connectivity index is 2.38. The van der Waals surface area contributed by atoms with Crippen LogP contribution in [-0.4, -0.2) is 15.5 Å². The predicted octanol–water partition coefficient (Wildman–Crippen LogP) is 3.35. The molecule has 0 aromatic heterocycles. The standard InChI is InChI=1S/C12H23NOS/c1-10-5-7-11(8-6-10)9-13-15(14)12(2,3)4/h9-11H,5-8H2,1-4H3/b13-9+/t10-,11-,15?. The van der Waals surface area contributed by atoms with E-state index in [9.17, 15) is 4.55 Å². The first-order valence-corrected chi connectivity index (χ1v) is 6.96. The summed E-state index contributed by atoms with van der Waals surface area (Å²) in [6.07, 6.45) is 6.95. The van der Waals surface area contributed by atoms with Crippen molar-refractivity contribution in [1.29, 1.82) is 0 Å². The molecule has 0 saturated heterocycles. The van der Waals surface area contributed by atoms with Gasteiger partial charge in [-0.25, -0.2) is 0 Å². The third kappa shape index (κ3) is 4.56. The fourth-order valence-corrected chi connectivity index (χ4v) is 2.33. The van der Waals surface area contributed by atoms with E-state index in [0.717, 1.165) is 5.92 Å². The van der Waals surface area contributed by atoms with E-state index in [1.54, 1.807) is 0 Å². The first-order chi connectivity index (χ1) is 6.89. The van der Waals surface area contributed by atoms with Crippen molar-refractivity contribution < 1.29 is 4.55 Å². The van der Waals surface area contributed by atoms with Crippen LogP contribution in [-0.2, 0) is 11.4 Å². The Kier molecular flexibility index (Phi) is 4.65. The lowest BCUT2D eigenvalue weighted by Crippen LogP contribution is -2.26. The lowest BCUT2D eigenvalue weighted by molar-refractivity contribution is 0.347. The predicted molar refractivity (Wildman–Crippen MR) is 67.5 cm³/mol. The van der Waals surface area contributed by atoms with Gasteiger partial charge in [-0.15, -0.1) is 0 Å². The van der Waals surface area contributed by atoms with E-state index in [1.807, 2.05) is 27.0 Å². The van der Waals surface area contributed by atoms with Crippen LogP contribution in [0.15, 0.2) is 4.40 Å². The second kappa shape index (κ2) is 5.35. The van der Waals surface area contributed by atoms with Gasteiger partial charge in [0, 0.05) is 0 Å². The molecule has 0 bridgehead atoms. The fourth-order valence-electron chi connectivity index (χ4n) is 1.73. The average molecular weight is 229 g/mol. The van der Waals surface area contributed by atoms with Gasteiger partial charge in [-0.3, -0.25) is 0 Å². The number of rotatable bonds is 2.